The van der Waals surface area contributed by atoms with Crippen LogP contribution < -0.4 is 16.4 Å². The number of hydrazine groups is 2. The summed E-state index contributed by atoms with van der Waals surface area (Å²) in [5, 5.41) is 0.871. The van der Waals surface area contributed by atoms with Gasteiger partial charge in [-0.05, 0) is 6.92 Å². The van der Waals surface area contributed by atoms with Gasteiger partial charge in [0.2, 0.25) is 0 Å². The minimum Gasteiger partial charge on any atom is -0.468 e. The second kappa shape index (κ2) is 9.63. The van der Waals surface area contributed by atoms with Crippen molar-refractivity contribution in [1.29, 1.82) is 0 Å². The van der Waals surface area contributed by atoms with Crippen LogP contribution in [0.25, 0.3) is 0 Å². The summed E-state index contributed by atoms with van der Waals surface area (Å²) in [6.45, 7) is 2.78. The SMILES string of the molecule is CCOC.COC(=O)CSC1=CNNN1. The molecule has 0 bridgehead atoms. The van der Waals surface area contributed by atoms with Gasteiger partial charge in [-0.25, -0.2) is 0 Å². The minimum absolute atomic E-state index is 0.232. The molecule has 0 saturated carbocycles. The van der Waals surface area contributed by atoms with Crippen molar-refractivity contribution in [2.24, 2.45) is 0 Å². The fourth-order valence-electron chi connectivity index (χ4n) is 0.509. The highest BCUT2D eigenvalue weighted by atomic mass is 32.2. The summed E-state index contributed by atoms with van der Waals surface area (Å²) in [6.07, 6.45) is 1.73. The number of thioether (sulfide) groups is 1. The van der Waals surface area contributed by atoms with Crippen molar-refractivity contribution >= 4 is 17.7 Å². The first-order valence-electron chi connectivity index (χ1n) is 4.39. The highest BCUT2D eigenvalue weighted by Gasteiger charge is 2.06. The Morgan fingerprint density at radius 2 is 2.20 bits per heavy atom. The minimum atomic E-state index is -0.232. The van der Waals surface area contributed by atoms with E-state index in [9.17, 15) is 4.79 Å². The Morgan fingerprint density at radius 3 is 2.60 bits per heavy atom. The number of ether oxygens (including phenoxy) is 2. The molecule has 1 aliphatic heterocycles. The van der Waals surface area contributed by atoms with Crippen LogP contribution in [0, 0.1) is 0 Å². The maximum atomic E-state index is 10.6. The molecule has 0 aromatic carbocycles. The van der Waals surface area contributed by atoms with E-state index in [0.29, 0.717) is 5.75 Å². The van der Waals surface area contributed by atoms with Crippen LogP contribution in [0.4, 0.5) is 0 Å². The number of hydrogen-bond acceptors (Lipinski definition) is 7. The zero-order chi connectivity index (χ0) is 11.5. The largest absolute Gasteiger partial charge is 0.468 e. The lowest BCUT2D eigenvalue weighted by molar-refractivity contribution is -0.137. The molecule has 0 unspecified atom stereocenters. The fraction of sp³-hybridized carbons (Fsp3) is 0.625. The summed E-state index contributed by atoms with van der Waals surface area (Å²) in [6, 6.07) is 0. The number of nitrogens with one attached hydrogen (secondary N) is 3. The lowest BCUT2D eigenvalue weighted by atomic mass is 10.8. The molecule has 1 aliphatic rings. The van der Waals surface area contributed by atoms with Crippen molar-refractivity contribution in [3.8, 4) is 0 Å². The molecule has 0 saturated heterocycles. The lowest BCUT2D eigenvalue weighted by Crippen LogP contribution is -2.31. The summed E-state index contributed by atoms with van der Waals surface area (Å²) < 4.78 is 9.00. The van der Waals surface area contributed by atoms with Gasteiger partial charge in [-0.2, -0.15) is 5.53 Å². The van der Waals surface area contributed by atoms with Gasteiger partial charge >= 0.3 is 5.97 Å². The molecule has 3 N–H and O–H groups in total. The van der Waals surface area contributed by atoms with E-state index in [4.69, 9.17) is 0 Å². The molecule has 0 fully saturated rings. The highest BCUT2D eigenvalue weighted by molar-refractivity contribution is 8.03. The quantitative estimate of drug-likeness (QED) is 0.590. The predicted octanol–water partition coefficient (Wildman–Crippen LogP) is -0.0434. The first-order chi connectivity index (χ1) is 7.24. The molecular formula is C8H17N3O3S. The summed E-state index contributed by atoms with van der Waals surface area (Å²) in [5.41, 5.74) is 8.16. The van der Waals surface area contributed by atoms with Crippen LogP contribution in [0.15, 0.2) is 11.2 Å². The zero-order valence-corrected chi connectivity index (χ0v) is 9.94. The van der Waals surface area contributed by atoms with Gasteiger partial charge in [0, 0.05) is 19.9 Å². The Kier molecular flexibility index (Phi) is 9.04. The van der Waals surface area contributed by atoms with Gasteiger partial charge in [-0.15, -0.1) is 0 Å². The van der Waals surface area contributed by atoms with Gasteiger partial charge < -0.3 is 14.9 Å². The van der Waals surface area contributed by atoms with Gasteiger partial charge in [-0.3, -0.25) is 10.2 Å². The van der Waals surface area contributed by atoms with Crippen molar-refractivity contribution < 1.29 is 14.3 Å². The van der Waals surface area contributed by atoms with Gasteiger partial charge in [0.05, 0.1) is 12.9 Å². The number of esters is 1. The molecule has 88 valence electrons. The van der Waals surface area contributed by atoms with Crippen LogP contribution in [0.3, 0.4) is 0 Å². The molecule has 15 heavy (non-hydrogen) atoms. The van der Waals surface area contributed by atoms with Gasteiger partial charge in [0.1, 0.15) is 5.03 Å². The van der Waals surface area contributed by atoms with E-state index in [0.717, 1.165) is 11.6 Å². The maximum absolute atomic E-state index is 10.6. The van der Waals surface area contributed by atoms with Crippen molar-refractivity contribution in [3.63, 3.8) is 0 Å². The monoisotopic (exact) mass is 235 g/mol. The molecule has 0 aliphatic carbocycles. The second-order valence-corrected chi connectivity index (χ2v) is 3.36. The summed E-state index contributed by atoms with van der Waals surface area (Å²) in [5.74, 6) is 0.0863. The molecule has 7 heteroatoms. The molecular weight excluding hydrogens is 218 g/mol. The van der Waals surface area contributed by atoms with E-state index in [1.165, 1.54) is 18.9 Å². The number of carbonyl (C=O) groups excluding carboxylic acids is 1. The number of methoxy groups -OCH3 is 2. The molecule has 1 heterocycles. The van der Waals surface area contributed by atoms with E-state index < -0.39 is 0 Å². The van der Waals surface area contributed by atoms with Crippen LogP contribution in [0.1, 0.15) is 6.92 Å². The molecule has 0 radical (unpaired) electrons. The second-order valence-electron chi connectivity index (χ2n) is 2.35. The molecule has 1 rings (SSSR count). The third-order valence-electron chi connectivity index (χ3n) is 1.32. The Labute approximate surface area is 93.7 Å². The first kappa shape index (κ1) is 14.1. The smallest absolute Gasteiger partial charge is 0.316 e. The number of rotatable bonds is 4. The fourth-order valence-corrected chi connectivity index (χ4v) is 1.17. The highest BCUT2D eigenvalue weighted by Crippen LogP contribution is 2.11. The van der Waals surface area contributed by atoms with Crippen LogP contribution in [0.5, 0.6) is 0 Å². The van der Waals surface area contributed by atoms with Crippen LogP contribution in [-0.2, 0) is 14.3 Å². The van der Waals surface area contributed by atoms with Crippen molar-refractivity contribution in [2.75, 3.05) is 26.6 Å². The molecule has 0 spiro atoms. The van der Waals surface area contributed by atoms with Crippen LogP contribution >= 0.6 is 11.8 Å². The van der Waals surface area contributed by atoms with Gasteiger partial charge in [-0.1, -0.05) is 11.8 Å². The van der Waals surface area contributed by atoms with E-state index in [1.54, 1.807) is 13.3 Å². The number of hydrogen-bond donors (Lipinski definition) is 3. The Balaban J connectivity index is 0.000000423. The van der Waals surface area contributed by atoms with E-state index >= 15 is 0 Å². The molecule has 0 atom stereocenters. The van der Waals surface area contributed by atoms with Crippen LogP contribution in [0.2, 0.25) is 0 Å². The number of carbonyl (C=O) groups is 1. The van der Waals surface area contributed by atoms with Crippen molar-refractivity contribution in [3.05, 3.63) is 11.2 Å². The molecule has 0 aromatic heterocycles. The Bertz CT molecular complexity index is 209. The first-order valence-corrected chi connectivity index (χ1v) is 5.38. The van der Waals surface area contributed by atoms with Crippen molar-refractivity contribution in [2.45, 2.75) is 6.92 Å². The predicted molar refractivity (Wildman–Crippen MR) is 59.5 cm³/mol. The standard InChI is InChI=1S/C5H9N3O2S.C3H8O/c1-10-5(9)3-11-4-2-6-8-7-4;1-3-4-2/h2,6-8H,3H2,1H3;3H2,1-2H3. The molecule has 0 aromatic rings. The van der Waals surface area contributed by atoms with Crippen molar-refractivity contribution in [1.82, 2.24) is 16.4 Å². The average molecular weight is 235 g/mol. The topological polar surface area (TPSA) is 71.6 Å². The maximum Gasteiger partial charge on any atom is 0.316 e. The summed E-state index contributed by atoms with van der Waals surface area (Å²) >= 11 is 1.37. The summed E-state index contributed by atoms with van der Waals surface area (Å²) in [4.78, 5) is 10.6. The zero-order valence-electron chi connectivity index (χ0n) is 9.12. The Morgan fingerprint density at radius 1 is 1.53 bits per heavy atom. The van der Waals surface area contributed by atoms with E-state index in [-0.39, 0.29) is 5.97 Å². The van der Waals surface area contributed by atoms with E-state index in [1.807, 2.05) is 6.92 Å². The normalized spacial score (nSPS) is 12.9. The summed E-state index contributed by atoms with van der Waals surface area (Å²) in [7, 11) is 3.05. The third kappa shape index (κ3) is 8.10. The molecule has 0 amide bonds. The third-order valence-corrected chi connectivity index (χ3v) is 2.23. The van der Waals surface area contributed by atoms with Gasteiger partial charge in [0.15, 0.2) is 0 Å². The van der Waals surface area contributed by atoms with E-state index in [2.05, 4.69) is 25.9 Å². The lowest BCUT2D eigenvalue weighted by Gasteiger charge is -2.00. The molecule has 6 nitrogen and oxygen atoms in total. The van der Waals surface area contributed by atoms with Gasteiger partial charge in [0.25, 0.3) is 0 Å². The van der Waals surface area contributed by atoms with Crippen LogP contribution in [-0.4, -0.2) is 32.5 Å². The average Bonchev–Trinajstić information content (AvgIpc) is 2.79. The Hall–Kier alpha value is -0.920.